The fourth-order valence-electron chi connectivity index (χ4n) is 3.95. The number of carboxylic acid groups (broad SMARTS) is 1. The molecule has 3 aromatic heterocycles. The van der Waals surface area contributed by atoms with Crippen molar-refractivity contribution in [3.8, 4) is 11.8 Å². The van der Waals surface area contributed by atoms with Crippen LogP contribution in [0.5, 0.6) is 0 Å². The third kappa shape index (κ3) is 4.17. The zero-order valence-electron chi connectivity index (χ0n) is 18.5. The molecule has 176 valence electrons. The van der Waals surface area contributed by atoms with Crippen LogP contribution in [-0.2, 0) is 21.6 Å². The highest BCUT2D eigenvalue weighted by Gasteiger charge is 2.54. The number of hydrogen-bond donors (Lipinski definition) is 2. The summed E-state index contributed by atoms with van der Waals surface area (Å²) in [6.45, 7) is 0.167. The van der Waals surface area contributed by atoms with Gasteiger partial charge in [-0.15, -0.1) is 0 Å². The van der Waals surface area contributed by atoms with Crippen LogP contribution >= 0.6 is 11.5 Å². The molecular weight excluding hydrogens is 468 g/mol. The second-order valence-corrected chi connectivity index (χ2v) is 9.61. The zero-order chi connectivity index (χ0) is 24.0. The van der Waals surface area contributed by atoms with Crippen molar-refractivity contribution < 1.29 is 28.3 Å². The van der Waals surface area contributed by atoms with Crippen LogP contribution in [0.1, 0.15) is 59.3 Å². The van der Waals surface area contributed by atoms with E-state index in [9.17, 15) is 14.7 Å². The van der Waals surface area contributed by atoms with Gasteiger partial charge < -0.3 is 18.7 Å². The lowest BCUT2D eigenvalue weighted by atomic mass is 10.0. The first kappa shape index (κ1) is 21.5. The molecule has 2 aliphatic carbocycles. The van der Waals surface area contributed by atoms with Crippen molar-refractivity contribution in [2.75, 3.05) is 5.32 Å². The number of nitrogens with zero attached hydrogens (tertiary/aromatic N) is 1. The monoisotopic (exact) mass is 488 g/mol. The van der Waals surface area contributed by atoms with Crippen LogP contribution in [0.3, 0.4) is 0 Å². The number of aliphatic carboxylic acids is 1. The molecule has 0 aliphatic heterocycles. The number of hydrogen-bond acceptors (Lipinski definition) is 7. The molecule has 2 N–H and O–H groups in total. The summed E-state index contributed by atoms with van der Waals surface area (Å²) < 4.78 is 21.3. The van der Waals surface area contributed by atoms with Crippen molar-refractivity contribution in [1.82, 2.24) is 4.37 Å². The minimum atomic E-state index is -0.926. The third-order valence-corrected chi connectivity index (χ3v) is 7.04. The molecule has 6 rings (SSSR count). The molecule has 0 unspecified atom stereocenters. The summed E-state index contributed by atoms with van der Waals surface area (Å²) >= 11 is 1.22. The van der Waals surface area contributed by atoms with Gasteiger partial charge in [0.2, 0.25) is 0 Å². The summed E-state index contributed by atoms with van der Waals surface area (Å²) in [5.74, 6) is 6.49. The minimum absolute atomic E-state index is 0.167. The number of amides is 1. The topological polar surface area (TPSA) is 115 Å². The SMILES string of the molecule is O=C(Nc1c(C2CC2)nsc1C#Cc1cc2cc(C3(C(=O)O)CC3)oc2o1)OCc1ccccc1. The molecule has 0 spiro atoms. The zero-order valence-corrected chi connectivity index (χ0v) is 19.3. The van der Waals surface area contributed by atoms with Gasteiger partial charge >= 0.3 is 12.1 Å². The number of rotatable bonds is 6. The van der Waals surface area contributed by atoms with Gasteiger partial charge in [-0.2, -0.15) is 4.37 Å². The molecule has 3 heterocycles. The fraction of sp³-hybridized carbons (Fsp3) is 0.269. The van der Waals surface area contributed by atoms with Crippen LogP contribution in [0.25, 0.3) is 11.2 Å². The Labute approximate surface area is 204 Å². The van der Waals surface area contributed by atoms with Crippen molar-refractivity contribution in [2.24, 2.45) is 0 Å². The van der Waals surface area contributed by atoms with Crippen LogP contribution in [0.15, 0.2) is 51.3 Å². The average Bonchev–Trinajstić information content (AvgIpc) is 3.75. The summed E-state index contributed by atoms with van der Waals surface area (Å²) in [7, 11) is 0. The number of carboxylic acids is 1. The number of benzene rings is 1. The van der Waals surface area contributed by atoms with Gasteiger partial charge in [0, 0.05) is 12.0 Å². The van der Waals surface area contributed by atoms with Gasteiger partial charge in [-0.1, -0.05) is 30.3 Å². The molecule has 0 atom stereocenters. The second kappa shape index (κ2) is 8.32. The summed E-state index contributed by atoms with van der Waals surface area (Å²) in [5, 5.41) is 13.0. The standard InChI is InChI=1S/C26H20N2O6S/c29-24(30)26(10-11-26)20-13-17-12-18(33-23(17)34-20)8-9-19-22(21(28-35-19)16-6-7-16)27-25(31)32-14-15-4-2-1-3-5-15/h1-5,12-13,16H,6-7,10-11,14H2,(H,27,31)(H,29,30). The van der Waals surface area contributed by atoms with E-state index in [1.54, 1.807) is 12.1 Å². The largest absolute Gasteiger partial charge is 0.480 e. The Morgan fingerprint density at radius 1 is 1.17 bits per heavy atom. The van der Waals surface area contributed by atoms with Gasteiger partial charge in [-0.3, -0.25) is 10.1 Å². The first-order valence-corrected chi connectivity index (χ1v) is 12.1. The second-order valence-electron chi connectivity index (χ2n) is 8.83. The number of aromatic nitrogens is 1. The lowest BCUT2D eigenvalue weighted by Crippen LogP contribution is -2.18. The number of carbonyl (C=O) groups is 2. The number of nitrogens with one attached hydrogen (secondary N) is 1. The first-order chi connectivity index (χ1) is 17.0. The molecule has 8 nitrogen and oxygen atoms in total. The van der Waals surface area contributed by atoms with E-state index in [1.165, 1.54) is 11.5 Å². The maximum absolute atomic E-state index is 12.5. The highest BCUT2D eigenvalue weighted by molar-refractivity contribution is 7.07. The maximum Gasteiger partial charge on any atom is 0.412 e. The Kier molecular flexibility index (Phi) is 5.11. The Morgan fingerprint density at radius 2 is 1.97 bits per heavy atom. The Hall–Kier alpha value is -4.03. The Bertz CT molecular complexity index is 1460. The van der Waals surface area contributed by atoms with Crippen molar-refractivity contribution >= 4 is 40.4 Å². The summed E-state index contributed by atoms with van der Waals surface area (Å²) in [6, 6.07) is 12.9. The Balaban J connectivity index is 1.20. The number of fused-ring (bicyclic) bond motifs is 1. The molecule has 1 aromatic carbocycles. The molecule has 4 aromatic rings. The van der Waals surface area contributed by atoms with Crippen LogP contribution < -0.4 is 5.32 Å². The van der Waals surface area contributed by atoms with Crippen molar-refractivity contribution in [3.63, 3.8) is 0 Å². The van der Waals surface area contributed by atoms with Crippen LogP contribution in [0, 0.1) is 11.8 Å². The molecule has 2 aliphatic rings. The molecule has 35 heavy (non-hydrogen) atoms. The number of furan rings is 2. The van der Waals surface area contributed by atoms with E-state index < -0.39 is 17.5 Å². The Morgan fingerprint density at radius 3 is 2.66 bits per heavy atom. The summed E-state index contributed by atoms with van der Waals surface area (Å²) in [5.41, 5.74) is 1.38. The van der Waals surface area contributed by atoms with Gasteiger partial charge in [0.05, 0.1) is 16.8 Å². The van der Waals surface area contributed by atoms with Crippen LogP contribution in [0.4, 0.5) is 10.5 Å². The maximum atomic E-state index is 12.5. The highest BCUT2D eigenvalue weighted by Crippen LogP contribution is 2.50. The van der Waals surface area contributed by atoms with Gasteiger partial charge in [-0.25, -0.2) is 4.79 Å². The number of carbonyl (C=O) groups excluding carboxylic acids is 1. The van der Waals surface area contributed by atoms with Crippen LogP contribution in [0.2, 0.25) is 0 Å². The van der Waals surface area contributed by atoms with E-state index in [1.807, 2.05) is 30.3 Å². The van der Waals surface area contributed by atoms with Gasteiger partial charge in [0.25, 0.3) is 5.78 Å². The summed E-state index contributed by atoms with van der Waals surface area (Å²) in [4.78, 5) is 24.6. The molecule has 1 amide bonds. The summed E-state index contributed by atoms with van der Waals surface area (Å²) in [6.07, 6.45) is 2.61. The quantitative estimate of drug-likeness (QED) is 0.338. The lowest BCUT2D eigenvalue weighted by molar-refractivity contribution is -0.140. The molecular formula is C26H20N2O6S. The van der Waals surface area contributed by atoms with Crippen molar-refractivity contribution in [3.05, 3.63) is 70.1 Å². The predicted molar refractivity (Wildman–Crippen MR) is 127 cm³/mol. The number of ether oxygens (including phenoxy) is 1. The molecule has 2 fully saturated rings. The van der Waals surface area contributed by atoms with E-state index in [0.29, 0.717) is 46.2 Å². The van der Waals surface area contributed by atoms with E-state index in [2.05, 4.69) is 21.5 Å². The normalized spacial score (nSPS) is 15.9. The average molecular weight is 489 g/mol. The molecule has 0 radical (unpaired) electrons. The lowest BCUT2D eigenvalue weighted by Gasteiger charge is -2.07. The predicted octanol–water partition coefficient (Wildman–Crippen LogP) is 5.62. The van der Waals surface area contributed by atoms with E-state index >= 15 is 0 Å². The van der Waals surface area contributed by atoms with Gasteiger partial charge in [0.1, 0.15) is 22.7 Å². The molecule has 9 heteroatoms. The first-order valence-electron chi connectivity index (χ1n) is 11.3. The molecule has 0 saturated heterocycles. The van der Waals surface area contributed by atoms with Crippen molar-refractivity contribution in [2.45, 2.75) is 43.6 Å². The van der Waals surface area contributed by atoms with Crippen molar-refractivity contribution in [1.29, 1.82) is 0 Å². The minimum Gasteiger partial charge on any atom is -0.480 e. The molecule has 2 saturated carbocycles. The van der Waals surface area contributed by atoms with E-state index in [-0.39, 0.29) is 12.4 Å². The van der Waals surface area contributed by atoms with Gasteiger partial charge in [-0.05, 0) is 60.7 Å². The van der Waals surface area contributed by atoms with Crippen LogP contribution in [-0.4, -0.2) is 21.5 Å². The fourth-order valence-corrected chi connectivity index (χ4v) is 4.72. The van der Waals surface area contributed by atoms with Gasteiger partial charge in [0.15, 0.2) is 5.76 Å². The number of anilines is 1. The third-order valence-electron chi connectivity index (χ3n) is 6.27. The smallest absolute Gasteiger partial charge is 0.412 e. The highest BCUT2D eigenvalue weighted by atomic mass is 32.1. The molecule has 0 bridgehead atoms. The van der Waals surface area contributed by atoms with E-state index in [4.69, 9.17) is 13.6 Å². The van der Waals surface area contributed by atoms with E-state index in [0.717, 1.165) is 24.1 Å².